The van der Waals surface area contributed by atoms with Gasteiger partial charge in [0, 0.05) is 5.56 Å². The SMILES string of the molecule is Cc1ccc(-c2c(N)noc2-c2cc(C)ccc2C)cc1. The molecule has 0 unspecified atom stereocenters. The van der Waals surface area contributed by atoms with Gasteiger partial charge in [-0.15, -0.1) is 0 Å². The molecule has 0 fully saturated rings. The fourth-order valence-corrected chi connectivity index (χ4v) is 2.47. The summed E-state index contributed by atoms with van der Waals surface area (Å²) < 4.78 is 5.53. The average molecular weight is 278 g/mol. The molecular formula is C18H18N2O. The Balaban J connectivity index is 2.21. The van der Waals surface area contributed by atoms with E-state index in [1.165, 1.54) is 11.1 Å². The number of rotatable bonds is 2. The number of aromatic nitrogens is 1. The smallest absolute Gasteiger partial charge is 0.177 e. The average Bonchev–Trinajstić information content (AvgIpc) is 2.84. The number of hydrogen-bond donors (Lipinski definition) is 1. The topological polar surface area (TPSA) is 52.0 Å². The first-order chi connectivity index (χ1) is 10.1. The Morgan fingerprint density at radius 1 is 0.905 bits per heavy atom. The largest absolute Gasteiger partial charge is 0.380 e. The monoisotopic (exact) mass is 278 g/mol. The maximum atomic E-state index is 6.03. The summed E-state index contributed by atoms with van der Waals surface area (Å²) in [5.41, 5.74) is 12.5. The predicted octanol–water partition coefficient (Wildman–Crippen LogP) is 4.52. The summed E-state index contributed by atoms with van der Waals surface area (Å²) in [6.07, 6.45) is 0. The lowest BCUT2D eigenvalue weighted by molar-refractivity contribution is 0.436. The molecule has 3 rings (SSSR count). The Bertz CT molecular complexity index is 785. The van der Waals surface area contributed by atoms with Crippen molar-refractivity contribution in [2.75, 3.05) is 5.73 Å². The first-order valence-electron chi connectivity index (χ1n) is 6.96. The van der Waals surface area contributed by atoms with Gasteiger partial charge in [-0.05, 0) is 38.0 Å². The standard InChI is InChI=1S/C18H18N2O/c1-11-5-8-14(9-6-11)16-17(21-20-18(16)19)15-10-12(2)4-7-13(15)3/h4-10H,1-3H3,(H2,19,20). The van der Waals surface area contributed by atoms with Gasteiger partial charge in [0.1, 0.15) is 0 Å². The van der Waals surface area contributed by atoms with Crippen LogP contribution < -0.4 is 5.73 Å². The van der Waals surface area contributed by atoms with Gasteiger partial charge in [-0.1, -0.05) is 52.7 Å². The molecule has 0 bridgehead atoms. The summed E-state index contributed by atoms with van der Waals surface area (Å²) in [7, 11) is 0. The second-order valence-electron chi connectivity index (χ2n) is 5.46. The van der Waals surface area contributed by atoms with E-state index in [9.17, 15) is 0 Å². The molecule has 0 aliphatic carbocycles. The molecule has 3 nitrogen and oxygen atoms in total. The number of benzene rings is 2. The summed E-state index contributed by atoms with van der Waals surface area (Å²) in [4.78, 5) is 0. The van der Waals surface area contributed by atoms with Gasteiger partial charge in [0.2, 0.25) is 0 Å². The second-order valence-corrected chi connectivity index (χ2v) is 5.46. The summed E-state index contributed by atoms with van der Waals surface area (Å²) in [6.45, 7) is 6.19. The van der Waals surface area contributed by atoms with Crippen LogP contribution >= 0.6 is 0 Å². The van der Waals surface area contributed by atoms with Crippen molar-refractivity contribution in [1.82, 2.24) is 5.16 Å². The summed E-state index contributed by atoms with van der Waals surface area (Å²) in [6, 6.07) is 14.5. The zero-order valence-corrected chi connectivity index (χ0v) is 12.5. The normalized spacial score (nSPS) is 10.8. The highest BCUT2D eigenvalue weighted by molar-refractivity contribution is 5.87. The molecule has 1 heterocycles. The second kappa shape index (κ2) is 5.09. The van der Waals surface area contributed by atoms with Crippen molar-refractivity contribution >= 4 is 5.82 Å². The molecule has 0 saturated carbocycles. The number of nitrogens with two attached hydrogens (primary N) is 1. The van der Waals surface area contributed by atoms with Crippen LogP contribution in [0.4, 0.5) is 5.82 Å². The first-order valence-corrected chi connectivity index (χ1v) is 6.96. The quantitative estimate of drug-likeness (QED) is 0.750. The summed E-state index contributed by atoms with van der Waals surface area (Å²) in [5.74, 6) is 1.16. The number of hydrogen-bond acceptors (Lipinski definition) is 3. The Kier molecular flexibility index (Phi) is 3.26. The first kappa shape index (κ1) is 13.4. The molecule has 1 aromatic heterocycles. The Morgan fingerprint density at radius 2 is 1.57 bits per heavy atom. The van der Waals surface area contributed by atoms with Gasteiger partial charge in [-0.25, -0.2) is 0 Å². The molecule has 0 spiro atoms. The fourth-order valence-electron chi connectivity index (χ4n) is 2.47. The van der Waals surface area contributed by atoms with Gasteiger partial charge in [0.25, 0.3) is 0 Å². The minimum atomic E-state index is 0.426. The zero-order valence-electron chi connectivity index (χ0n) is 12.5. The van der Waals surface area contributed by atoms with Crippen LogP contribution in [0, 0.1) is 20.8 Å². The van der Waals surface area contributed by atoms with E-state index in [1.54, 1.807) is 0 Å². The third-order valence-electron chi connectivity index (χ3n) is 3.70. The van der Waals surface area contributed by atoms with Gasteiger partial charge < -0.3 is 10.3 Å². The van der Waals surface area contributed by atoms with Crippen LogP contribution in [-0.2, 0) is 0 Å². The van der Waals surface area contributed by atoms with Gasteiger partial charge >= 0.3 is 0 Å². The van der Waals surface area contributed by atoms with Crippen LogP contribution in [0.15, 0.2) is 47.0 Å². The molecular weight excluding hydrogens is 260 g/mol. The highest BCUT2D eigenvalue weighted by atomic mass is 16.5. The Labute approximate surface area is 124 Å². The minimum Gasteiger partial charge on any atom is -0.380 e. The van der Waals surface area contributed by atoms with E-state index in [1.807, 2.05) is 12.1 Å². The van der Waals surface area contributed by atoms with E-state index in [4.69, 9.17) is 10.3 Å². The molecule has 3 aromatic rings. The molecule has 3 heteroatoms. The van der Waals surface area contributed by atoms with Crippen molar-refractivity contribution in [3.05, 3.63) is 59.2 Å². The van der Waals surface area contributed by atoms with Crippen LogP contribution in [-0.4, -0.2) is 5.16 Å². The third kappa shape index (κ3) is 2.42. The maximum Gasteiger partial charge on any atom is 0.177 e. The van der Waals surface area contributed by atoms with Gasteiger partial charge in [-0.3, -0.25) is 0 Å². The van der Waals surface area contributed by atoms with E-state index in [2.05, 4.69) is 56.3 Å². The van der Waals surface area contributed by atoms with Gasteiger partial charge in [0.05, 0.1) is 5.56 Å². The predicted molar refractivity (Wildman–Crippen MR) is 86.0 cm³/mol. The van der Waals surface area contributed by atoms with E-state index in [0.717, 1.165) is 28.0 Å². The highest BCUT2D eigenvalue weighted by Gasteiger charge is 2.19. The van der Waals surface area contributed by atoms with Crippen molar-refractivity contribution in [2.45, 2.75) is 20.8 Å². The molecule has 0 atom stereocenters. The van der Waals surface area contributed by atoms with Crippen LogP contribution in [0.25, 0.3) is 22.5 Å². The number of nitrogen functional groups attached to an aromatic ring is 1. The van der Waals surface area contributed by atoms with Crippen LogP contribution in [0.5, 0.6) is 0 Å². The molecule has 0 radical (unpaired) electrons. The lowest BCUT2D eigenvalue weighted by atomic mass is 9.97. The Morgan fingerprint density at radius 3 is 2.29 bits per heavy atom. The molecule has 0 amide bonds. The molecule has 0 saturated heterocycles. The van der Waals surface area contributed by atoms with Crippen molar-refractivity contribution in [3.63, 3.8) is 0 Å². The molecule has 0 aliphatic heterocycles. The minimum absolute atomic E-state index is 0.426. The van der Waals surface area contributed by atoms with E-state index in [-0.39, 0.29) is 0 Å². The molecule has 2 N–H and O–H groups in total. The third-order valence-corrected chi connectivity index (χ3v) is 3.70. The van der Waals surface area contributed by atoms with Crippen molar-refractivity contribution < 1.29 is 4.52 Å². The fraction of sp³-hybridized carbons (Fsp3) is 0.167. The summed E-state index contributed by atoms with van der Waals surface area (Å²) in [5, 5.41) is 3.97. The van der Waals surface area contributed by atoms with Gasteiger partial charge in [-0.2, -0.15) is 0 Å². The van der Waals surface area contributed by atoms with Crippen LogP contribution in [0.1, 0.15) is 16.7 Å². The van der Waals surface area contributed by atoms with Crippen LogP contribution in [0.2, 0.25) is 0 Å². The summed E-state index contributed by atoms with van der Waals surface area (Å²) >= 11 is 0. The number of nitrogens with zero attached hydrogens (tertiary/aromatic N) is 1. The van der Waals surface area contributed by atoms with Crippen molar-refractivity contribution in [3.8, 4) is 22.5 Å². The van der Waals surface area contributed by atoms with Crippen LogP contribution in [0.3, 0.4) is 0 Å². The number of aryl methyl sites for hydroxylation is 3. The Hall–Kier alpha value is -2.55. The number of anilines is 1. The molecule has 2 aromatic carbocycles. The zero-order chi connectivity index (χ0) is 15.0. The van der Waals surface area contributed by atoms with E-state index in [0.29, 0.717) is 5.82 Å². The maximum absolute atomic E-state index is 6.03. The lowest BCUT2D eigenvalue weighted by Gasteiger charge is -2.07. The molecule has 106 valence electrons. The lowest BCUT2D eigenvalue weighted by Crippen LogP contribution is -1.90. The van der Waals surface area contributed by atoms with E-state index >= 15 is 0 Å². The van der Waals surface area contributed by atoms with Crippen molar-refractivity contribution in [1.29, 1.82) is 0 Å². The molecule has 0 aliphatic rings. The molecule has 21 heavy (non-hydrogen) atoms. The van der Waals surface area contributed by atoms with Crippen molar-refractivity contribution in [2.24, 2.45) is 0 Å². The van der Waals surface area contributed by atoms with E-state index < -0.39 is 0 Å². The highest BCUT2D eigenvalue weighted by Crippen LogP contribution is 2.38. The van der Waals surface area contributed by atoms with Gasteiger partial charge in [0.15, 0.2) is 11.6 Å².